The van der Waals surface area contributed by atoms with Crippen LogP contribution < -0.4 is 0 Å². The topological polar surface area (TPSA) is 53.8 Å². The maximum absolute atomic E-state index is 11.6. The Kier molecular flexibility index (Phi) is 4.53. The van der Waals surface area contributed by atoms with Crippen molar-refractivity contribution in [2.45, 2.75) is 27.7 Å². The molecule has 22 heavy (non-hydrogen) atoms. The Bertz CT molecular complexity index is 796. The fourth-order valence-electron chi connectivity index (χ4n) is 2.46. The number of carbonyl (C=O) groups is 1. The second kappa shape index (κ2) is 6.36. The molecule has 0 aliphatic rings. The first-order valence-corrected chi connectivity index (χ1v) is 7.09. The lowest BCUT2D eigenvalue weighted by Gasteiger charge is -2.14. The van der Waals surface area contributed by atoms with E-state index in [9.17, 15) is 10.1 Å². The van der Waals surface area contributed by atoms with Crippen molar-refractivity contribution in [1.29, 1.82) is 5.26 Å². The molecule has 2 aromatic rings. The zero-order valence-electron chi connectivity index (χ0n) is 13.3. The number of aromatic nitrogens is 1. The van der Waals surface area contributed by atoms with E-state index < -0.39 is 0 Å². The number of carbonyl (C=O) groups excluding carboxylic acids is 1. The molecule has 0 spiro atoms. The first-order chi connectivity index (χ1) is 10.5. The fraction of sp³-hybridized carbons (Fsp3) is 0.211. The molecule has 0 N–H and O–H groups in total. The van der Waals surface area contributed by atoms with Crippen LogP contribution in [0.5, 0.6) is 0 Å². The Hall–Kier alpha value is -2.73. The second-order valence-electron chi connectivity index (χ2n) is 5.36. The highest BCUT2D eigenvalue weighted by Gasteiger charge is 2.13. The van der Waals surface area contributed by atoms with Gasteiger partial charge in [0, 0.05) is 18.0 Å². The Labute approximate surface area is 130 Å². The van der Waals surface area contributed by atoms with Crippen LogP contribution in [-0.4, -0.2) is 10.8 Å². The molecule has 3 nitrogen and oxygen atoms in total. The number of hydrogen-bond donors (Lipinski definition) is 0. The molecule has 1 heterocycles. The lowest BCUT2D eigenvalue weighted by atomic mass is 9.89. The van der Waals surface area contributed by atoms with E-state index in [1.165, 1.54) is 0 Å². The first kappa shape index (κ1) is 15.7. The van der Waals surface area contributed by atoms with Gasteiger partial charge in [0.25, 0.3) is 0 Å². The minimum Gasteiger partial charge on any atom is -0.295 e. The van der Waals surface area contributed by atoms with Gasteiger partial charge < -0.3 is 0 Å². The largest absolute Gasteiger partial charge is 0.295 e. The summed E-state index contributed by atoms with van der Waals surface area (Å²) in [6.45, 7) is 7.31. The van der Waals surface area contributed by atoms with Crippen LogP contribution in [-0.2, 0) is 4.79 Å². The molecule has 0 atom stereocenters. The van der Waals surface area contributed by atoms with Gasteiger partial charge >= 0.3 is 0 Å². The summed E-state index contributed by atoms with van der Waals surface area (Å²) in [4.78, 5) is 15.8. The minimum atomic E-state index is 0.0437. The van der Waals surface area contributed by atoms with Crippen molar-refractivity contribution in [2.24, 2.45) is 0 Å². The van der Waals surface area contributed by atoms with Gasteiger partial charge in [0.05, 0.1) is 11.6 Å². The van der Waals surface area contributed by atoms with Gasteiger partial charge in [0.2, 0.25) is 0 Å². The number of allylic oxidation sites excluding steroid dienone is 2. The van der Waals surface area contributed by atoms with Crippen LogP contribution >= 0.6 is 0 Å². The Morgan fingerprint density at radius 2 is 1.95 bits per heavy atom. The molecule has 0 fully saturated rings. The number of ketones is 1. The molecule has 0 aliphatic carbocycles. The standard InChI is InChI=1S/C19H18N2O/c1-12(15(4)22)13(2)18-8-16(10-20)9-19(14(18)3)17-6-5-7-21-11-17/h5-9,11H,1-4H3/b13-12+. The van der Waals surface area contributed by atoms with Gasteiger partial charge in [0.1, 0.15) is 0 Å². The number of Topliss-reactive ketones (excluding diaryl/α,β-unsaturated/α-hetero) is 1. The van der Waals surface area contributed by atoms with Crippen molar-refractivity contribution in [2.75, 3.05) is 0 Å². The summed E-state index contributed by atoms with van der Waals surface area (Å²) in [5, 5.41) is 9.31. The van der Waals surface area contributed by atoms with Crippen LogP contribution in [0.15, 0.2) is 42.2 Å². The highest BCUT2D eigenvalue weighted by molar-refractivity contribution is 6.00. The molecule has 1 aromatic carbocycles. The second-order valence-corrected chi connectivity index (χ2v) is 5.36. The van der Waals surface area contributed by atoms with E-state index in [1.807, 2.05) is 45.0 Å². The number of rotatable bonds is 3. The third-order valence-corrected chi connectivity index (χ3v) is 4.00. The smallest absolute Gasteiger partial charge is 0.155 e. The quantitative estimate of drug-likeness (QED) is 0.791. The van der Waals surface area contributed by atoms with E-state index in [-0.39, 0.29) is 5.78 Å². The van der Waals surface area contributed by atoms with Gasteiger partial charge in [-0.3, -0.25) is 9.78 Å². The van der Waals surface area contributed by atoms with Crippen LogP contribution in [0.4, 0.5) is 0 Å². The molecule has 0 aliphatic heterocycles. The molecule has 1 aromatic heterocycles. The maximum Gasteiger partial charge on any atom is 0.155 e. The molecule has 0 saturated carbocycles. The molecule has 110 valence electrons. The van der Waals surface area contributed by atoms with Gasteiger partial charge in [-0.05, 0) is 73.7 Å². The summed E-state index contributed by atoms with van der Waals surface area (Å²) in [5.41, 5.74) is 6.12. The number of pyridine rings is 1. The average Bonchev–Trinajstić information content (AvgIpc) is 2.54. The first-order valence-electron chi connectivity index (χ1n) is 7.09. The van der Waals surface area contributed by atoms with Crippen LogP contribution in [0, 0.1) is 18.3 Å². The van der Waals surface area contributed by atoms with Crippen molar-refractivity contribution in [3.8, 4) is 17.2 Å². The van der Waals surface area contributed by atoms with E-state index in [0.717, 1.165) is 33.4 Å². The van der Waals surface area contributed by atoms with Gasteiger partial charge in [0.15, 0.2) is 5.78 Å². The van der Waals surface area contributed by atoms with Crippen molar-refractivity contribution in [1.82, 2.24) is 4.98 Å². The van der Waals surface area contributed by atoms with Crippen molar-refractivity contribution in [3.05, 3.63) is 58.9 Å². The normalized spacial score (nSPS) is 11.6. The van der Waals surface area contributed by atoms with Crippen LogP contribution in [0.2, 0.25) is 0 Å². The summed E-state index contributed by atoms with van der Waals surface area (Å²) < 4.78 is 0. The Morgan fingerprint density at radius 3 is 2.50 bits per heavy atom. The van der Waals surface area contributed by atoms with E-state index in [2.05, 4.69) is 11.1 Å². The third kappa shape index (κ3) is 2.96. The zero-order valence-corrected chi connectivity index (χ0v) is 13.3. The van der Waals surface area contributed by atoms with Crippen molar-refractivity contribution in [3.63, 3.8) is 0 Å². The molecule has 2 rings (SSSR count). The third-order valence-electron chi connectivity index (χ3n) is 4.00. The molecule has 3 heteroatoms. The molecule has 0 radical (unpaired) electrons. The number of benzene rings is 1. The van der Waals surface area contributed by atoms with E-state index in [0.29, 0.717) is 5.56 Å². The predicted octanol–water partition coefficient (Wildman–Crippen LogP) is 4.31. The molecule has 0 bridgehead atoms. The van der Waals surface area contributed by atoms with Gasteiger partial charge in [-0.2, -0.15) is 5.26 Å². The Balaban J connectivity index is 2.75. The van der Waals surface area contributed by atoms with Crippen molar-refractivity contribution < 1.29 is 4.79 Å². The lowest BCUT2D eigenvalue weighted by molar-refractivity contribution is -0.113. The summed E-state index contributed by atoms with van der Waals surface area (Å²) in [7, 11) is 0. The molecule has 0 unspecified atom stereocenters. The minimum absolute atomic E-state index is 0.0437. The molecule has 0 amide bonds. The fourth-order valence-corrected chi connectivity index (χ4v) is 2.46. The predicted molar refractivity (Wildman–Crippen MR) is 88.1 cm³/mol. The molecule has 0 saturated heterocycles. The summed E-state index contributed by atoms with van der Waals surface area (Å²) in [6, 6.07) is 9.75. The van der Waals surface area contributed by atoms with E-state index >= 15 is 0 Å². The molecular formula is C19H18N2O. The van der Waals surface area contributed by atoms with Crippen molar-refractivity contribution >= 4 is 11.4 Å². The van der Waals surface area contributed by atoms with E-state index in [1.54, 1.807) is 19.3 Å². The zero-order chi connectivity index (χ0) is 16.3. The summed E-state index contributed by atoms with van der Waals surface area (Å²) in [5.74, 6) is 0.0437. The highest BCUT2D eigenvalue weighted by Crippen LogP contribution is 2.31. The van der Waals surface area contributed by atoms with E-state index in [4.69, 9.17) is 0 Å². The van der Waals surface area contributed by atoms with Gasteiger partial charge in [-0.15, -0.1) is 0 Å². The molecular weight excluding hydrogens is 272 g/mol. The van der Waals surface area contributed by atoms with Gasteiger partial charge in [-0.1, -0.05) is 6.07 Å². The average molecular weight is 290 g/mol. The summed E-state index contributed by atoms with van der Waals surface area (Å²) >= 11 is 0. The van der Waals surface area contributed by atoms with Crippen LogP contribution in [0.1, 0.15) is 37.5 Å². The monoisotopic (exact) mass is 290 g/mol. The number of nitriles is 1. The van der Waals surface area contributed by atoms with Crippen LogP contribution in [0.25, 0.3) is 16.7 Å². The SMILES string of the molecule is CC(=O)/C(C)=C(\C)c1cc(C#N)cc(-c2cccnc2)c1C. The lowest BCUT2D eigenvalue weighted by Crippen LogP contribution is -1.99. The maximum atomic E-state index is 11.6. The van der Waals surface area contributed by atoms with Crippen LogP contribution in [0.3, 0.4) is 0 Å². The summed E-state index contributed by atoms with van der Waals surface area (Å²) in [6.07, 6.45) is 3.50. The number of hydrogen-bond acceptors (Lipinski definition) is 3. The Morgan fingerprint density at radius 1 is 1.23 bits per heavy atom. The van der Waals surface area contributed by atoms with Gasteiger partial charge in [-0.25, -0.2) is 0 Å². The highest BCUT2D eigenvalue weighted by atomic mass is 16.1. The number of nitrogens with zero attached hydrogens (tertiary/aromatic N) is 2.